The number of anilines is 1. The first-order chi connectivity index (χ1) is 7.20. The van der Waals surface area contributed by atoms with E-state index < -0.39 is 0 Å². The van der Waals surface area contributed by atoms with Gasteiger partial charge in [0.05, 0.1) is 0 Å². The Hall–Kier alpha value is -0.0900. The van der Waals surface area contributed by atoms with Gasteiger partial charge in [-0.15, -0.1) is 0 Å². The van der Waals surface area contributed by atoms with Gasteiger partial charge in [-0.05, 0) is 46.8 Å². The minimum atomic E-state index is 0.773. The summed E-state index contributed by atoms with van der Waals surface area (Å²) in [7, 11) is 0. The van der Waals surface area contributed by atoms with Gasteiger partial charge in [0.25, 0.3) is 0 Å². The van der Waals surface area contributed by atoms with E-state index in [4.69, 9.17) is 0 Å². The monoisotopic (exact) mass is 332 g/mol. The summed E-state index contributed by atoms with van der Waals surface area (Å²) in [5.74, 6) is 1.91. The maximum atomic E-state index is 4.49. The molecule has 0 spiro atoms. The van der Waals surface area contributed by atoms with Crippen molar-refractivity contribution >= 4 is 37.7 Å². The van der Waals surface area contributed by atoms with E-state index in [0.29, 0.717) is 0 Å². The Morgan fingerprint density at radius 3 is 3.00 bits per heavy atom. The van der Waals surface area contributed by atoms with Crippen LogP contribution in [0.15, 0.2) is 16.7 Å². The lowest BCUT2D eigenvalue weighted by Gasteiger charge is -2.19. The molecule has 1 fully saturated rings. The van der Waals surface area contributed by atoms with Gasteiger partial charge in [-0.25, -0.2) is 4.98 Å². The fraction of sp³-hybridized carbons (Fsp3) is 0.545. The third-order valence-corrected chi connectivity index (χ3v) is 4.17. The smallest absolute Gasteiger partial charge is 0.131 e. The molecular formula is C11H14Br2N2. The zero-order chi connectivity index (χ0) is 10.8. The summed E-state index contributed by atoms with van der Waals surface area (Å²) < 4.78 is 1.06. The molecule has 15 heavy (non-hydrogen) atoms. The lowest BCUT2D eigenvalue weighted by Crippen LogP contribution is -2.22. The second-order valence-corrected chi connectivity index (χ2v) is 5.61. The molecule has 0 aromatic carbocycles. The summed E-state index contributed by atoms with van der Waals surface area (Å²) in [6.45, 7) is 4.38. The van der Waals surface area contributed by atoms with E-state index in [0.717, 1.165) is 34.6 Å². The average Bonchev–Trinajstić information content (AvgIpc) is 2.66. The molecular weight excluding hydrogens is 320 g/mol. The Kier molecular flexibility index (Phi) is 3.67. The third kappa shape index (κ3) is 2.53. The lowest BCUT2D eigenvalue weighted by molar-refractivity contribution is 0.675. The summed E-state index contributed by atoms with van der Waals surface area (Å²) in [6.07, 6.45) is 3.15. The molecule has 1 saturated heterocycles. The molecule has 2 heterocycles. The van der Waals surface area contributed by atoms with Crippen LogP contribution >= 0.6 is 31.9 Å². The highest BCUT2D eigenvalue weighted by Crippen LogP contribution is 2.27. The van der Waals surface area contributed by atoms with Crippen LogP contribution in [0.2, 0.25) is 0 Å². The number of pyridine rings is 1. The van der Waals surface area contributed by atoms with E-state index >= 15 is 0 Å². The van der Waals surface area contributed by atoms with Crippen LogP contribution in [-0.2, 0) is 0 Å². The number of alkyl halides is 1. The summed E-state index contributed by atoms with van der Waals surface area (Å²) >= 11 is 6.99. The normalized spacial score (nSPS) is 21.0. The molecule has 1 atom stereocenters. The van der Waals surface area contributed by atoms with Crippen LogP contribution in [0.1, 0.15) is 12.0 Å². The van der Waals surface area contributed by atoms with Gasteiger partial charge in [0, 0.05) is 29.1 Å². The second kappa shape index (κ2) is 4.83. The fourth-order valence-electron chi connectivity index (χ4n) is 2.02. The van der Waals surface area contributed by atoms with Crippen molar-refractivity contribution in [1.29, 1.82) is 0 Å². The van der Waals surface area contributed by atoms with E-state index in [1.54, 1.807) is 0 Å². The van der Waals surface area contributed by atoms with Gasteiger partial charge < -0.3 is 4.90 Å². The van der Waals surface area contributed by atoms with Crippen LogP contribution in [0.3, 0.4) is 0 Å². The van der Waals surface area contributed by atoms with Crippen molar-refractivity contribution in [2.75, 3.05) is 23.3 Å². The van der Waals surface area contributed by atoms with Gasteiger partial charge in [0.2, 0.25) is 0 Å². The molecule has 1 unspecified atom stereocenters. The lowest BCUT2D eigenvalue weighted by atomic mass is 10.2. The van der Waals surface area contributed by atoms with Gasteiger partial charge in [-0.2, -0.15) is 0 Å². The van der Waals surface area contributed by atoms with Crippen LogP contribution in [0.4, 0.5) is 5.82 Å². The molecule has 1 aromatic heterocycles. The van der Waals surface area contributed by atoms with Gasteiger partial charge in [0.1, 0.15) is 5.82 Å². The Balaban J connectivity index is 2.17. The van der Waals surface area contributed by atoms with Crippen molar-refractivity contribution in [2.45, 2.75) is 13.3 Å². The van der Waals surface area contributed by atoms with Crippen LogP contribution in [0, 0.1) is 12.8 Å². The van der Waals surface area contributed by atoms with E-state index in [9.17, 15) is 0 Å². The van der Waals surface area contributed by atoms with Crippen LogP contribution in [0.25, 0.3) is 0 Å². The molecule has 1 aliphatic heterocycles. The number of nitrogens with zero attached hydrogens (tertiary/aromatic N) is 2. The number of hydrogen-bond acceptors (Lipinski definition) is 2. The zero-order valence-electron chi connectivity index (χ0n) is 8.71. The van der Waals surface area contributed by atoms with E-state index in [1.807, 2.05) is 6.20 Å². The predicted molar refractivity (Wildman–Crippen MR) is 70.8 cm³/mol. The van der Waals surface area contributed by atoms with E-state index in [1.165, 1.54) is 12.0 Å². The Morgan fingerprint density at radius 1 is 1.60 bits per heavy atom. The summed E-state index contributed by atoms with van der Waals surface area (Å²) in [5.41, 5.74) is 1.25. The predicted octanol–water partition coefficient (Wildman–Crippen LogP) is 3.37. The minimum Gasteiger partial charge on any atom is -0.356 e. The molecule has 2 rings (SSSR count). The van der Waals surface area contributed by atoms with Gasteiger partial charge >= 0.3 is 0 Å². The van der Waals surface area contributed by atoms with Gasteiger partial charge in [0.15, 0.2) is 0 Å². The first-order valence-electron chi connectivity index (χ1n) is 5.13. The average molecular weight is 334 g/mol. The largest absolute Gasteiger partial charge is 0.356 e. The topological polar surface area (TPSA) is 16.1 Å². The standard InChI is InChI=1S/C11H14Br2N2/c1-8-4-10(13)6-14-11(8)15-3-2-9(5-12)7-15/h4,6,9H,2-3,5,7H2,1H3. The van der Waals surface area contributed by atoms with E-state index in [2.05, 4.69) is 54.7 Å². The number of rotatable bonds is 2. The zero-order valence-corrected chi connectivity index (χ0v) is 11.9. The number of hydrogen-bond donors (Lipinski definition) is 0. The van der Waals surface area contributed by atoms with Crippen molar-refractivity contribution in [3.8, 4) is 0 Å². The first kappa shape index (κ1) is 11.4. The summed E-state index contributed by atoms with van der Waals surface area (Å²) in [5, 5.41) is 1.10. The first-order valence-corrected chi connectivity index (χ1v) is 7.05. The van der Waals surface area contributed by atoms with Crippen molar-refractivity contribution in [2.24, 2.45) is 5.92 Å². The molecule has 0 bridgehead atoms. The third-order valence-electron chi connectivity index (χ3n) is 2.82. The quantitative estimate of drug-likeness (QED) is 0.771. The van der Waals surface area contributed by atoms with Crippen molar-refractivity contribution in [1.82, 2.24) is 4.98 Å². The van der Waals surface area contributed by atoms with Crippen molar-refractivity contribution in [3.63, 3.8) is 0 Å². The van der Waals surface area contributed by atoms with Crippen LogP contribution < -0.4 is 4.90 Å². The van der Waals surface area contributed by atoms with Crippen molar-refractivity contribution in [3.05, 3.63) is 22.3 Å². The highest BCUT2D eigenvalue weighted by Gasteiger charge is 2.23. The molecule has 0 saturated carbocycles. The number of aromatic nitrogens is 1. The Labute approximate surface area is 107 Å². The molecule has 0 amide bonds. The van der Waals surface area contributed by atoms with Gasteiger partial charge in [-0.1, -0.05) is 15.9 Å². The van der Waals surface area contributed by atoms with Gasteiger partial charge in [-0.3, -0.25) is 0 Å². The molecule has 0 N–H and O–H groups in total. The molecule has 0 radical (unpaired) electrons. The summed E-state index contributed by atoms with van der Waals surface area (Å²) in [6, 6.07) is 2.13. The number of aryl methyl sites for hydroxylation is 1. The fourth-order valence-corrected chi connectivity index (χ4v) is 2.99. The maximum absolute atomic E-state index is 4.49. The molecule has 1 aliphatic rings. The molecule has 82 valence electrons. The van der Waals surface area contributed by atoms with Crippen LogP contribution in [-0.4, -0.2) is 23.4 Å². The Morgan fingerprint density at radius 2 is 2.40 bits per heavy atom. The van der Waals surface area contributed by atoms with E-state index in [-0.39, 0.29) is 0 Å². The maximum Gasteiger partial charge on any atom is 0.131 e. The second-order valence-electron chi connectivity index (χ2n) is 4.05. The van der Waals surface area contributed by atoms with Crippen LogP contribution in [0.5, 0.6) is 0 Å². The minimum absolute atomic E-state index is 0.773. The SMILES string of the molecule is Cc1cc(Br)cnc1N1CCC(CBr)C1. The molecule has 4 heteroatoms. The highest BCUT2D eigenvalue weighted by molar-refractivity contribution is 9.10. The molecule has 2 nitrogen and oxygen atoms in total. The molecule has 0 aliphatic carbocycles. The Bertz CT molecular complexity index is 354. The molecule has 1 aromatic rings. The van der Waals surface area contributed by atoms with Crippen molar-refractivity contribution < 1.29 is 0 Å². The number of halogens is 2. The highest BCUT2D eigenvalue weighted by atomic mass is 79.9. The summed E-state index contributed by atoms with van der Waals surface area (Å²) in [4.78, 5) is 6.87.